The second kappa shape index (κ2) is 5.14. The molecule has 1 amide bonds. The summed E-state index contributed by atoms with van der Waals surface area (Å²) in [6, 6.07) is 3.92. The highest BCUT2D eigenvalue weighted by molar-refractivity contribution is 7.09. The van der Waals surface area contributed by atoms with E-state index in [4.69, 9.17) is 4.74 Å². The Bertz CT molecular complexity index is 307. The van der Waals surface area contributed by atoms with E-state index in [2.05, 4.69) is 5.32 Å². The Hall–Kier alpha value is -1.07. The van der Waals surface area contributed by atoms with E-state index in [1.807, 2.05) is 17.5 Å². The molecule has 1 saturated heterocycles. The van der Waals surface area contributed by atoms with Crippen LogP contribution in [0, 0.1) is 0 Å². The molecule has 82 valence electrons. The maximum Gasteiger partial charge on any atom is 0.410 e. The molecule has 1 aliphatic rings. The second-order valence-corrected chi connectivity index (χ2v) is 4.40. The molecule has 2 heterocycles. The topological polar surface area (TPSA) is 41.6 Å². The summed E-state index contributed by atoms with van der Waals surface area (Å²) in [5, 5.41) is 5.17. The summed E-state index contributed by atoms with van der Waals surface area (Å²) in [4.78, 5) is 14.4. The molecule has 5 heteroatoms. The average molecular weight is 226 g/mol. The Morgan fingerprint density at radius 1 is 1.53 bits per heavy atom. The predicted octanol–water partition coefficient (Wildman–Crippen LogP) is 1.29. The zero-order valence-corrected chi connectivity index (χ0v) is 9.26. The number of rotatable bonds is 2. The molecule has 0 bridgehead atoms. The first kappa shape index (κ1) is 10.4. The fourth-order valence-corrected chi connectivity index (χ4v) is 2.08. The summed E-state index contributed by atoms with van der Waals surface area (Å²) < 4.78 is 5.20. The molecule has 0 spiro atoms. The SMILES string of the molecule is O=C(OCc1cccs1)N1CCNCC1. The molecule has 1 fully saturated rings. The molecule has 0 unspecified atom stereocenters. The van der Waals surface area contributed by atoms with Gasteiger partial charge < -0.3 is 15.0 Å². The average Bonchev–Trinajstić information content (AvgIpc) is 2.80. The van der Waals surface area contributed by atoms with E-state index in [1.54, 1.807) is 16.2 Å². The molecule has 1 aromatic rings. The Kier molecular flexibility index (Phi) is 3.58. The van der Waals surface area contributed by atoms with Crippen molar-refractivity contribution in [3.8, 4) is 0 Å². The highest BCUT2D eigenvalue weighted by Gasteiger charge is 2.17. The molecule has 4 nitrogen and oxygen atoms in total. The van der Waals surface area contributed by atoms with Crippen LogP contribution < -0.4 is 5.32 Å². The Balaban J connectivity index is 1.76. The molecule has 2 rings (SSSR count). The number of amides is 1. The van der Waals surface area contributed by atoms with Crippen molar-refractivity contribution in [2.45, 2.75) is 6.61 Å². The number of thiophene rings is 1. The number of hydrogen-bond donors (Lipinski definition) is 1. The first-order valence-corrected chi connectivity index (χ1v) is 5.89. The molecule has 0 aromatic carbocycles. The van der Waals surface area contributed by atoms with Crippen LogP contribution in [0.5, 0.6) is 0 Å². The van der Waals surface area contributed by atoms with Gasteiger partial charge in [0.25, 0.3) is 0 Å². The first-order valence-electron chi connectivity index (χ1n) is 5.01. The lowest BCUT2D eigenvalue weighted by Crippen LogP contribution is -2.46. The molecule has 1 aromatic heterocycles. The van der Waals surface area contributed by atoms with Gasteiger partial charge in [0.05, 0.1) is 0 Å². The van der Waals surface area contributed by atoms with Crippen LogP contribution in [0.2, 0.25) is 0 Å². The number of carbonyl (C=O) groups excluding carboxylic acids is 1. The maximum atomic E-state index is 11.6. The standard InChI is InChI=1S/C10H14N2O2S/c13-10(12-5-3-11-4-6-12)14-8-9-2-1-7-15-9/h1-2,7,11H,3-6,8H2. The van der Waals surface area contributed by atoms with E-state index >= 15 is 0 Å². The van der Waals surface area contributed by atoms with Crippen molar-refractivity contribution < 1.29 is 9.53 Å². The lowest BCUT2D eigenvalue weighted by atomic mass is 10.4. The van der Waals surface area contributed by atoms with Gasteiger partial charge in [0.2, 0.25) is 0 Å². The molecular formula is C10H14N2O2S. The van der Waals surface area contributed by atoms with Crippen LogP contribution in [-0.4, -0.2) is 37.2 Å². The van der Waals surface area contributed by atoms with Crippen molar-refractivity contribution in [2.24, 2.45) is 0 Å². The van der Waals surface area contributed by atoms with E-state index in [9.17, 15) is 4.79 Å². The van der Waals surface area contributed by atoms with Crippen LogP contribution in [0.4, 0.5) is 4.79 Å². The first-order chi connectivity index (χ1) is 7.36. The van der Waals surface area contributed by atoms with Crippen LogP contribution >= 0.6 is 11.3 Å². The van der Waals surface area contributed by atoms with Crippen LogP contribution in [0.1, 0.15) is 4.88 Å². The molecule has 15 heavy (non-hydrogen) atoms. The van der Waals surface area contributed by atoms with Crippen LogP contribution in [0.25, 0.3) is 0 Å². The Labute approximate surface area is 92.8 Å². The van der Waals surface area contributed by atoms with Crippen molar-refractivity contribution in [1.82, 2.24) is 10.2 Å². The Morgan fingerprint density at radius 3 is 3.00 bits per heavy atom. The van der Waals surface area contributed by atoms with Crippen molar-refractivity contribution >= 4 is 17.4 Å². The fourth-order valence-electron chi connectivity index (χ4n) is 1.47. The number of nitrogens with one attached hydrogen (secondary N) is 1. The van der Waals surface area contributed by atoms with E-state index in [0.29, 0.717) is 6.61 Å². The zero-order chi connectivity index (χ0) is 10.5. The summed E-state index contributed by atoms with van der Waals surface area (Å²) in [6.45, 7) is 3.58. The summed E-state index contributed by atoms with van der Waals surface area (Å²) in [6.07, 6.45) is -0.204. The van der Waals surface area contributed by atoms with Crippen LogP contribution in [0.15, 0.2) is 17.5 Å². The minimum atomic E-state index is -0.204. The zero-order valence-electron chi connectivity index (χ0n) is 8.44. The van der Waals surface area contributed by atoms with E-state index in [1.165, 1.54) is 0 Å². The molecule has 1 N–H and O–H groups in total. The van der Waals surface area contributed by atoms with Gasteiger partial charge in [0.1, 0.15) is 6.61 Å². The summed E-state index contributed by atoms with van der Waals surface area (Å²) in [7, 11) is 0. The van der Waals surface area contributed by atoms with E-state index in [0.717, 1.165) is 31.1 Å². The lowest BCUT2D eigenvalue weighted by molar-refractivity contribution is 0.0927. The normalized spacial score (nSPS) is 16.4. The largest absolute Gasteiger partial charge is 0.444 e. The monoisotopic (exact) mass is 226 g/mol. The van der Waals surface area contributed by atoms with Gasteiger partial charge in [0, 0.05) is 31.1 Å². The van der Waals surface area contributed by atoms with Crippen molar-refractivity contribution in [3.63, 3.8) is 0 Å². The third-order valence-electron chi connectivity index (χ3n) is 2.29. The van der Waals surface area contributed by atoms with Gasteiger partial charge >= 0.3 is 6.09 Å². The number of piperazine rings is 1. The van der Waals surface area contributed by atoms with Crippen LogP contribution in [-0.2, 0) is 11.3 Å². The minimum absolute atomic E-state index is 0.204. The summed E-state index contributed by atoms with van der Waals surface area (Å²) >= 11 is 1.60. The number of nitrogens with zero attached hydrogens (tertiary/aromatic N) is 1. The highest BCUT2D eigenvalue weighted by Crippen LogP contribution is 2.10. The van der Waals surface area contributed by atoms with Crippen molar-refractivity contribution in [3.05, 3.63) is 22.4 Å². The van der Waals surface area contributed by atoms with Gasteiger partial charge in [-0.05, 0) is 11.4 Å². The van der Waals surface area contributed by atoms with Crippen LogP contribution in [0.3, 0.4) is 0 Å². The third kappa shape index (κ3) is 2.94. The van der Waals surface area contributed by atoms with Gasteiger partial charge in [0.15, 0.2) is 0 Å². The molecule has 0 aliphatic carbocycles. The van der Waals surface area contributed by atoms with Crippen molar-refractivity contribution in [1.29, 1.82) is 0 Å². The molecular weight excluding hydrogens is 212 g/mol. The lowest BCUT2D eigenvalue weighted by Gasteiger charge is -2.26. The third-order valence-corrected chi connectivity index (χ3v) is 3.14. The van der Waals surface area contributed by atoms with Crippen molar-refractivity contribution in [2.75, 3.05) is 26.2 Å². The molecule has 0 atom stereocenters. The maximum absolute atomic E-state index is 11.6. The molecule has 0 radical (unpaired) electrons. The Morgan fingerprint density at radius 2 is 2.33 bits per heavy atom. The number of ether oxygens (including phenoxy) is 1. The minimum Gasteiger partial charge on any atom is -0.444 e. The molecule has 1 aliphatic heterocycles. The predicted molar refractivity (Wildman–Crippen MR) is 58.9 cm³/mol. The van der Waals surface area contributed by atoms with Gasteiger partial charge in [-0.25, -0.2) is 4.79 Å². The van der Waals surface area contributed by atoms with E-state index < -0.39 is 0 Å². The van der Waals surface area contributed by atoms with Gasteiger partial charge in [-0.15, -0.1) is 11.3 Å². The van der Waals surface area contributed by atoms with E-state index in [-0.39, 0.29) is 6.09 Å². The second-order valence-electron chi connectivity index (χ2n) is 3.37. The summed E-state index contributed by atoms with van der Waals surface area (Å²) in [5.41, 5.74) is 0. The smallest absolute Gasteiger partial charge is 0.410 e. The molecule has 0 saturated carbocycles. The number of carbonyl (C=O) groups is 1. The highest BCUT2D eigenvalue weighted by atomic mass is 32.1. The quantitative estimate of drug-likeness (QED) is 0.826. The summed E-state index contributed by atoms with van der Waals surface area (Å²) in [5.74, 6) is 0. The fraction of sp³-hybridized carbons (Fsp3) is 0.500. The number of hydrogen-bond acceptors (Lipinski definition) is 4. The van der Waals surface area contributed by atoms with Gasteiger partial charge in [-0.3, -0.25) is 0 Å². The van der Waals surface area contributed by atoms with Gasteiger partial charge in [-0.2, -0.15) is 0 Å². The van der Waals surface area contributed by atoms with Gasteiger partial charge in [-0.1, -0.05) is 6.07 Å².